The van der Waals surface area contributed by atoms with Crippen molar-refractivity contribution in [2.75, 3.05) is 37.6 Å². The lowest BCUT2D eigenvalue weighted by molar-refractivity contribution is -0.914. The summed E-state index contributed by atoms with van der Waals surface area (Å²) in [6.07, 6.45) is 4.20. The fourth-order valence-electron chi connectivity index (χ4n) is 3.20. The molecule has 1 aromatic heterocycles. The number of quaternary nitrogens is 1. The van der Waals surface area contributed by atoms with Gasteiger partial charge in [0.15, 0.2) is 6.04 Å². The molecule has 1 aliphatic heterocycles. The van der Waals surface area contributed by atoms with Crippen LogP contribution in [0.4, 0.5) is 10.3 Å². The Kier molecular flexibility index (Phi) is 6.12. The highest BCUT2D eigenvalue weighted by Crippen LogP contribution is 2.05. The Hall–Kier alpha value is -2.54. The average molecular weight is 358 g/mol. The topological polar surface area (TPSA) is 62.6 Å². The van der Waals surface area contributed by atoms with Gasteiger partial charge in [0, 0.05) is 18.9 Å². The van der Waals surface area contributed by atoms with Crippen molar-refractivity contribution in [2.45, 2.75) is 19.4 Å². The lowest BCUT2D eigenvalue weighted by Crippen LogP contribution is -3.19. The minimum atomic E-state index is -0.241. The van der Waals surface area contributed by atoms with Gasteiger partial charge in [-0.2, -0.15) is 0 Å². The largest absolute Gasteiger partial charge is 0.351 e. The molecule has 1 atom stereocenters. The van der Waals surface area contributed by atoms with E-state index in [1.807, 2.05) is 13.0 Å². The Labute approximate surface area is 153 Å². The number of anilines is 1. The first-order chi connectivity index (χ1) is 12.6. The molecule has 1 saturated heterocycles. The van der Waals surface area contributed by atoms with E-state index in [2.05, 4.69) is 20.2 Å². The zero-order chi connectivity index (χ0) is 18.4. The Morgan fingerprint density at radius 1 is 1.23 bits per heavy atom. The van der Waals surface area contributed by atoms with E-state index < -0.39 is 0 Å². The van der Waals surface area contributed by atoms with Gasteiger partial charge in [-0.25, -0.2) is 14.4 Å². The van der Waals surface area contributed by atoms with Gasteiger partial charge in [0.2, 0.25) is 5.95 Å². The molecular weight excluding hydrogens is 333 g/mol. The maximum atomic E-state index is 12.9. The zero-order valence-electron chi connectivity index (χ0n) is 15.0. The van der Waals surface area contributed by atoms with Crippen LogP contribution < -0.4 is 15.1 Å². The van der Waals surface area contributed by atoms with Crippen molar-refractivity contribution in [1.82, 2.24) is 15.3 Å². The van der Waals surface area contributed by atoms with Crippen LogP contribution in [0.3, 0.4) is 0 Å². The van der Waals surface area contributed by atoms with E-state index >= 15 is 0 Å². The van der Waals surface area contributed by atoms with Gasteiger partial charge in [0.25, 0.3) is 5.91 Å². The van der Waals surface area contributed by atoms with E-state index in [9.17, 15) is 9.18 Å². The van der Waals surface area contributed by atoms with Crippen LogP contribution in [0.1, 0.15) is 12.5 Å². The number of carbonyl (C=O) groups excluding carboxylic acids is 1. The second-order valence-corrected chi connectivity index (χ2v) is 6.58. The number of amides is 1. The van der Waals surface area contributed by atoms with Crippen LogP contribution in [0.2, 0.25) is 0 Å². The van der Waals surface area contributed by atoms with E-state index in [1.54, 1.807) is 24.5 Å². The molecule has 0 radical (unpaired) electrons. The smallest absolute Gasteiger partial charge is 0.278 e. The molecule has 1 aromatic carbocycles. The minimum absolute atomic E-state index is 0.0616. The Morgan fingerprint density at radius 3 is 2.54 bits per heavy atom. The van der Waals surface area contributed by atoms with Gasteiger partial charge in [-0.15, -0.1) is 0 Å². The normalized spacial score (nSPS) is 16.3. The molecule has 2 heterocycles. The molecule has 0 bridgehead atoms. The highest BCUT2D eigenvalue weighted by molar-refractivity contribution is 5.79. The van der Waals surface area contributed by atoms with Crippen molar-refractivity contribution >= 4 is 11.9 Å². The third-order valence-corrected chi connectivity index (χ3v) is 4.87. The summed E-state index contributed by atoms with van der Waals surface area (Å²) >= 11 is 0. The number of piperazine rings is 1. The average Bonchev–Trinajstić information content (AvgIpc) is 2.69. The number of aromatic nitrogens is 2. The Morgan fingerprint density at radius 2 is 1.88 bits per heavy atom. The summed E-state index contributed by atoms with van der Waals surface area (Å²) in [6, 6.07) is 8.10. The number of nitrogens with zero attached hydrogens (tertiary/aromatic N) is 3. The van der Waals surface area contributed by atoms with Crippen LogP contribution in [-0.4, -0.2) is 54.6 Å². The standard InChI is InChI=1S/C19H24FN5O/c1-15(18(26)21-10-7-16-3-5-17(20)6-4-16)24-11-13-25(14-12-24)19-22-8-2-9-23-19/h2-6,8-9,15H,7,10-14H2,1H3,(H,21,26)/p+1/t15-/m1/s1. The number of carbonyl (C=O) groups is 1. The minimum Gasteiger partial charge on any atom is -0.351 e. The maximum Gasteiger partial charge on any atom is 0.278 e. The van der Waals surface area contributed by atoms with Crippen LogP contribution in [0.15, 0.2) is 42.7 Å². The fraction of sp³-hybridized carbons (Fsp3) is 0.421. The van der Waals surface area contributed by atoms with Crippen LogP contribution in [0.5, 0.6) is 0 Å². The molecule has 1 fully saturated rings. The number of halogens is 1. The second-order valence-electron chi connectivity index (χ2n) is 6.58. The summed E-state index contributed by atoms with van der Waals surface area (Å²) in [4.78, 5) is 24.4. The highest BCUT2D eigenvalue weighted by Gasteiger charge is 2.29. The molecule has 0 spiro atoms. The maximum absolute atomic E-state index is 12.9. The van der Waals surface area contributed by atoms with Gasteiger partial charge >= 0.3 is 0 Å². The van der Waals surface area contributed by atoms with Gasteiger partial charge in [-0.3, -0.25) is 4.79 Å². The van der Waals surface area contributed by atoms with Crippen LogP contribution >= 0.6 is 0 Å². The van der Waals surface area contributed by atoms with E-state index in [-0.39, 0.29) is 17.8 Å². The Bertz CT molecular complexity index is 702. The summed E-state index contributed by atoms with van der Waals surface area (Å²) in [6.45, 7) is 5.97. The molecule has 0 saturated carbocycles. The molecule has 26 heavy (non-hydrogen) atoms. The van der Waals surface area contributed by atoms with Crippen molar-refractivity contribution in [2.24, 2.45) is 0 Å². The first-order valence-corrected chi connectivity index (χ1v) is 9.02. The molecule has 6 nitrogen and oxygen atoms in total. The van der Waals surface area contributed by atoms with Gasteiger partial charge in [0.1, 0.15) is 5.82 Å². The monoisotopic (exact) mass is 358 g/mol. The summed E-state index contributed by atoms with van der Waals surface area (Å²) in [5, 5.41) is 2.99. The first-order valence-electron chi connectivity index (χ1n) is 9.02. The summed E-state index contributed by atoms with van der Waals surface area (Å²) < 4.78 is 12.9. The summed E-state index contributed by atoms with van der Waals surface area (Å²) in [5.74, 6) is 0.574. The Balaban J connectivity index is 1.42. The molecule has 0 aliphatic carbocycles. The van der Waals surface area contributed by atoms with E-state index in [0.717, 1.165) is 37.7 Å². The second kappa shape index (κ2) is 8.71. The van der Waals surface area contributed by atoms with E-state index in [4.69, 9.17) is 0 Å². The van der Waals surface area contributed by atoms with Crippen molar-refractivity contribution in [3.63, 3.8) is 0 Å². The van der Waals surface area contributed by atoms with Crippen LogP contribution in [0, 0.1) is 5.82 Å². The molecular formula is C19H25FN5O+. The molecule has 1 amide bonds. The van der Waals surface area contributed by atoms with E-state index in [0.29, 0.717) is 13.0 Å². The summed E-state index contributed by atoms with van der Waals surface area (Å²) in [7, 11) is 0. The predicted octanol–water partition coefficient (Wildman–Crippen LogP) is 0.0680. The van der Waals surface area contributed by atoms with Gasteiger partial charge in [-0.05, 0) is 37.1 Å². The summed E-state index contributed by atoms with van der Waals surface area (Å²) in [5.41, 5.74) is 1.02. The van der Waals surface area contributed by atoms with Gasteiger partial charge < -0.3 is 15.1 Å². The number of hydrogen-bond acceptors (Lipinski definition) is 4. The van der Waals surface area contributed by atoms with Crippen molar-refractivity contribution in [3.05, 3.63) is 54.1 Å². The molecule has 1 aliphatic rings. The third kappa shape index (κ3) is 4.76. The number of nitrogens with one attached hydrogen (secondary N) is 2. The van der Waals surface area contributed by atoms with Crippen molar-refractivity contribution < 1.29 is 14.1 Å². The van der Waals surface area contributed by atoms with Gasteiger partial charge in [0.05, 0.1) is 26.2 Å². The number of rotatable bonds is 6. The first kappa shape index (κ1) is 18.3. The molecule has 138 valence electrons. The molecule has 7 heteroatoms. The van der Waals surface area contributed by atoms with E-state index in [1.165, 1.54) is 17.0 Å². The lowest BCUT2D eigenvalue weighted by Gasteiger charge is -2.34. The van der Waals surface area contributed by atoms with Crippen LogP contribution in [0.25, 0.3) is 0 Å². The van der Waals surface area contributed by atoms with Crippen molar-refractivity contribution in [1.29, 1.82) is 0 Å². The van der Waals surface area contributed by atoms with Gasteiger partial charge in [-0.1, -0.05) is 12.1 Å². The predicted molar refractivity (Wildman–Crippen MR) is 97.5 cm³/mol. The number of hydrogen-bond donors (Lipinski definition) is 2. The highest BCUT2D eigenvalue weighted by atomic mass is 19.1. The lowest BCUT2D eigenvalue weighted by atomic mass is 10.1. The quantitative estimate of drug-likeness (QED) is 0.767. The molecule has 2 N–H and O–H groups in total. The fourth-order valence-corrected chi connectivity index (χ4v) is 3.20. The van der Waals surface area contributed by atoms with Crippen LogP contribution in [-0.2, 0) is 11.2 Å². The molecule has 3 rings (SSSR count). The third-order valence-electron chi connectivity index (χ3n) is 4.87. The molecule has 0 unspecified atom stereocenters. The zero-order valence-corrected chi connectivity index (χ0v) is 15.0. The molecule has 2 aromatic rings. The SMILES string of the molecule is C[C@H](C(=O)NCCc1ccc(F)cc1)[NH+]1CCN(c2ncccn2)CC1. The number of benzene rings is 1. The van der Waals surface area contributed by atoms with Crippen molar-refractivity contribution in [3.8, 4) is 0 Å².